The lowest BCUT2D eigenvalue weighted by Gasteiger charge is -2.25. The minimum absolute atomic E-state index is 0.227. The first kappa shape index (κ1) is 17.3. The molecule has 0 aromatic heterocycles. The first-order valence-electron chi connectivity index (χ1n) is 6.43. The summed E-state index contributed by atoms with van der Waals surface area (Å²) in [7, 11) is -4.95. The molecule has 1 fully saturated rings. The fourth-order valence-corrected chi connectivity index (χ4v) is 2.68. The minimum Gasteiger partial charge on any atom is -0.756 e. The third kappa shape index (κ3) is 4.00. The zero-order chi connectivity index (χ0) is 16.5. The highest BCUT2D eigenvalue weighted by atomic mass is 31.2. The molecule has 0 bridgehead atoms. The molecule has 0 aliphatic carbocycles. The van der Waals surface area contributed by atoms with Crippen molar-refractivity contribution in [3.63, 3.8) is 0 Å². The number of hydrogen-bond acceptors (Lipinski definition) is 7. The van der Waals surface area contributed by atoms with Crippen LogP contribution in [0.2, 0.25) is 0 Å². The molecule has 1 amide bonds. The molecule has 0 radical (unpaired) electrons. The van der Waals surface area contributed by atoms with Crippen LogP contribution in [0.15, 0.2) is 23.9 Å². The van der Waals surface area contributed by atoms with Crippen LogP contribution in [-0.2, 0) is 18.6 Å². The Labute approximate surface area is 125 Å². The van der Waals surface area contributed by atoms with Crippen LogP contribution in [0.3, 0.4) is 0 Å². The van der Waals surface area contributed by atoms with Crippen molar-refractivity contribution in [1.82, 2.24) is 0 Å². The maximum absolute atomic E-state index is 11.2. The fraction of sp³-hybridized carbons (Fsp3) is 0.545. The van der Waals surface area contributed by atoms with Gasteiger partial charge in [-0.3, -0.25) is 14.3 Å². The molecule has 2 aliphatic heterocycles. The Morgan fingerprint density at radius 3 is 2.82 bits per heavy atom. The summed E-state index contributed by atoms with van der Waals surface area (Å²) >= 11 is 0. The molecule has 2 aliphatic rings. The number of rotatable bonds is 5. The van der Waals surface area contributed by atoms with Crippen molar-refractivity contribution in [2.24, 2.45) is 5.73 Å². The summed E-state index contributed by atoms with van der Waals surface area (Å²) in [4.78, 5) is 30.8. The lowest BCUT2D eigenvalue weighted by Crippen LogP contribution is -3.13. The molecule has 11 heteroatoms. The predicted octanol–water partition coefficient (Wildman–Crippen LogP) is -4.27. The van der Waals surface area contributed by atoms with Gasteiger partial charge in [-0.25, -0.2) is 0 Å². The standard InChI is InChI=1S/C11H17N2O8P/c12-10(16)6-2-1-3-13(4-6)11-9(15)8(14)7(21-11)5-20-22(17,18)19/h1-2,4,7-9,11,14-15H,3,5H2,(H2,12,16)(H2,17,18,19)/t7-,8-,9-,11-/m1/s1. The number of aliphatic hydroxyl groups is 2. The van der Waals surface area contributed by atoms with Gasteiger partial charge >= 0.3 is 0 Å². The Kier molecular flexibility index (Phi) is 5.15. The molecule has 6 atom stereocenters. The van der Waals surface area contributed by atoms with E-state index in [4.69, 9.17) is 15.4 Å². The quantitative estimate of drug-likeness (QED) is 0.315. The number of primary amides is 1. The van der Waals surface area contributed by atoms with E-state index in [2.05, 4.69) is 4.52 Å². The van der Waals surface area contributed by atoms with Crippen LogP contribution in [0, 0.1) is 0 Å². The second-order valence-electron chi connectivity index (χ2n) is 4.99. The highest BCUT2D eigenvalue weighted by Gasteiger charge is 2.48. The zero-order valence-corrected chi connectivity index (χ0v) is 12.3. The molecule has 0 saturated carbocycles. The monoisotopic (exact) mass is 336 g/mol. The van der Waals surface area contributed by atoms with Crippen molar-refractivity contribution < 1.29 is 43.5 Å². The minimum atomic E-state index is -4.95. The van der Waals surface area contributed by atoms with Gasteiger partial charge in [0.15, 0.2) is 6.10 Å². The van der Waals surface area contributed by atoms with Crippen molar-refractivity contribution in [1.29, 1.82) is 0 Å². The summed E-state index contributed by atoms with van der Waals surface area (Å²) in [6.45, 7) is -0.264. The molecule has 10 nitrogen and oxygen atoms in total. The van der Waals surface area contributed by atoms with Crippen LogP contribution in [0.25, 0.3) is 0 Å². The number of carbonyl (C=O) groups is 1. The molecule has 0 aromatic carbocycles. The van der Waals surface area contributed by atoms with Crippen molar-refractivity contribution in [2.75, 3.05) is 13.2 Å². The largest absolute Gasteiger partial charge is 0.756 e. The molecule has 0 aromatic rings. The van der Waals surface area contributed by atoms with E-state index in [0.717, 1.165) is 0 Å². The summed E-state index contributed by atoms with van der Waals surface area (Å²) in [5.74, 6) is -0.644. The maximum atomic E-state index is 11.2. The summed E-state index contributed by atoms with van der Waals surface area (Å²) in [6, 6.07) is 0. The van der Waals surface area contributed by atoms with Crippen LogP contribution in [0.1, 0.15) is 0 Å². The van der Waals surface area contributed by atoms with E-state index in [1.54, 1.807) is 6.08 Å². The Hall–Kier alpha value is -1.10. The Morgan fingerprint density at radius 1 is 1.55 bits per heavy atom. The number of nitrogens with one attached hydrogen (secondary N) is 1. The topological polar surface area (TPSA) is 167 Å². The Morgan fingerprint density at radius 2 is 2.23 bits per heavy atom. The number of phosphoric acid groups is 1. The van der Waals surface area contributed by atoms with E-state index < -0.39 is 44.9 Å². The molecule has 124 valence electrons. The van der Waals surface area contributed by atoms with Crippen molar-refractivity contribution in [3.05, 3.63) is 23.9 Å². The molecular weight excluding hydrogens is 319 g/mol. The fourth-order valence-electron chi connectivity index (χ4n) is 2.34. The van der Waals surface area contributed by atoms with Crippen molar-refractivity contribution in [3.8, 4) is 0 Å². The summed E-state index contributed by atoms with van der Waals surface area (Å²) in [5.41, 5.74) is 5.40. The second kappa shape index (κ2) is 6.57. The van der Waals surface area contributed by atoms with Gasteiger partial charge in [-0.2, -0.15) is 0 Å². The second-order valence-corrected chi connectivity index (χ2v) is 6.18. The van der Waals surface area contributed by atoms with Crippen molar-refractivity contribution >= 4 is 13.7 Å². The lowest BCUT2D eigenvalue weighted by atomic mass is 10.1. The average molecular weight is 336 g/mol. The van der Waals surface area contributed by atoms with E-state index in [1.807, 2.05) is 0 Å². The van der Waals surface area contributed by atoms with Gasteiger partial charge < -0.3 is 35.0 Å². The average Bonchev–Trinajstić information content (AvgIpc) is 2.72. The van der Waals surface area contributed by atoms with Gasteiger partial charge in [0.2, 0.25) is 6.23 Å². The number of ether oxygens (including phenoxy) is 1. The van der Waals surface area contributed by atoms with Gasteiger partial charge in [-0.1, -0.05) is 0 Å². The highest BCUT2D eigenvalue weighted by molar-refractivity contribution is 7.44. The molecule has 2 heterocycles. The van der Waals surface area contributed by atoms with Crippen LogP contribution >= 0.6 is 7.82 Å². The Balaban J connectivity index is 2.05. The van der Waals surface area contributed by atoms with Gasteiger partial charge in [0, 0.05) is 0 Å². The Bertz CT molecular complexity index is 544. The number of phosphoric ester groups is 1. The zero-order valence-electron chi connectivity index (χ0n) is 11.4. The number of amides is 1. The summed E-state index contributed by atoms with van der Waals surface area (Å²) < 4.78 is 20.1. The van der Waals surface area contributed by atoms with E-state index in [1.165, 1.54) is 12.3 Å². The number of hydrogen-bond donors (Lipinski definition) is 5. The van der Waals surface area contributed by atoms with E-state index in [9.17, 15) is 24.5 Å². The number of aliphatic hydroxyl groups excluding tert-OH is 2. The third-order valence-corrected chi connectivity index (χ3v) is 3.88. The predicted molar refractivity (Wildman–Crippen MR) is 68.7 cm³/mol. The van der Waals surface area contributed by atoms with Gasteiger partial charge in [0.1, 0.15) is 25.0 Å². The first-order chi connectivity index (χ1) is 10.2. The maximum Gasteiger partial charge on any atom is 0.265 e. The number of quaternary nitrogens is 1. The first-order valence-corrected chi connectivity index (χ1v) is 7.92. The van der Waals surface area contributed by atoms with E-state index >= 15 is 0 Å². The summed E-state index contributed by atoms with van der Waals surface area (Å²) in [6.07, 6.45) is -0.168. The van der Waals surface area contributed by atoms with Crippen LogP contribution in [-0.4, -0.2) is 58.7 Å². The lowest BCUT2D eigenvalue weighted by molar-refractivity contribution is -0.897. The molecule has 0 spiro atoms. The van der Waals surface area contributed by atoms with Crippen LogP contribution in [0.5, 0.6) is 0 Å². The van der Waals surface area contributed by atoms with Gasteiger partial charge in [0.25, 0.3) is 13.7 Å². The molecule has 2 unspecified atom stereocenters. The molecular formula is C11H17N2O8P. The smallest absolute Gasteiger partial charge is 0.265 e. The highest BCUT2D eigenvalue weighted by Crippen LogP contribution is 2.32. The van der Waals surface area contributed by atoms with Gasteiger partial charge in [-0.05, 0) is 12.2 Å². The normalized spacial score (nSPS) is 37.6. The summed E-state index contributed by atoms with van der Waals surface area (Å²) in [5, 5.41) is 19.9. The van der Waals surface area contributed by atoms with Crippen LogP contribution in [0.4, 0.5) is 0 Å². The number of carbonyl (C=O) groups excluding carboxylic acids is 1. The third-order valence-electron chi connectivity index (χ3n) is 3.41. The molecule has 22 heavy (non-hydrogen) atoms. The SMILES string of the molecule is NC(=O)C1=C[NH+]([C@@H]2O[C@H](COP(=O)([O-])O)[C@@H](O)[C@H]2O)CC=C1. The van der Waals surface area contributed by atoms with E-state index in [-0.39, 0.29) is 5.57 Å². The molecule has 2 rings (SSSR count). The van der Waals surface area contributed by atoms with Crippen molar-refractivity contribution in [2.45, 2.75) is 24.5 Å². The number of nitrogens with two attached hydrogens (primary N) is 1. The van der Waals surface area contributed by atoms with Gasteiger partial charge in [0.05, 0.1) is 12.2 Å². The van der Waals surface area contributed by atoms with E-state index in [0.29, 0.717) is 11.4 Å². The molecule has 6 N–H and O–H groups in total. The molecule has 1 saturated heterocycles. The van der Waals surface area contributed by atoms with Crippen LogP contribution < -0.4 is 15.5 Å². The van der Waals surface area contributed by atoms with Gasteiger partial charge in [-0.15, -0.1) is 0 Å².